The molecule has 2 heterocycles. The van der Waals surface area contributed by atoms with E-state index in [0.717, 1.165) is 5.75 Å². The second-order valence-corrected chi connectivity index (χ2v) is 5.74. The number of carbonyl (C=O) groups excluding carboxylic acids is 1. The highest BCUT2D eigenvalue weighted by Crippen LogP contribution is 2.25. The van der Waals surface area contributed by atoms with E-state index in [4.69, 9.17) is 10.2 Å². The van der Waals surface area contributed by atoms with Gasteiger partial charge in [-0.05, 0) is 30.6 Å². The predicted octanol–water partition coefficient (Wildman–Crippen LogP) is 2.42. The first kappa shape index (κ1) is 14.1. The lowest BCUT2D eigenvalue weighted by atomic mass is 10.2. The highest BCUT2D eigenvalue weighted by Gasteiger charge is 2.15. The molecular formula is C12H15N3O2S2. The SMILES string of the molecule is CSCCC(N)C(=O)Nc1nc(-c2ccco2)cs1. The number of nitrogens with zero attached hydrogens (tertiary/aromatic N) is 1. The molecule has 0 bridgehead atoms. The van der Waals surface area contributed by atoms with Crippen LogP contribution in [0.5, 0.6) is 0 Å². The first-order chi connectivity index (χ1) is 9.20. The van der Waals surface area contributed by atoms with E-state index in [-0.39, 0.29) is 5.91 Å². The zero-order chi connectivity index (χ0) is 13.7. The molecule has 3 N–H and O–H groups in total. The van der Waals surface area contributed by atoms with E-state index in [1.165, 1.54) is 11.3 Å². The Hall–Kier alpha value is -1.31. The minimum Gasteiger partial charge on any atom is -0.463 e. The number of thioether (sulfide) groups is 1. The first-order valence-electron chi connectivity index (χ1n) is 5.75. The molecular weight excluding hydrogens is 282 g/mol. The molecule has 2 aromatic heterocycles. The summed E-state index contributed by atoms with van der Waals surface area (Å²) in [5.74, 6) is 1.35. The van der Waals surface area contributed by atoms with Gasteiger partial charge in [0.05, 0.1) is 12.3 Å². The van der Waals surface area contributed by atoms with E-state index in [0.29, 0.717) is 23.0 Å². The van der Waals surface area contributed by atoms with Crippen LogP contribution >= 0.6 is 23.1 Å². The lowest BCUT2D eigenvalue weighted by Crippen LogP contribution is -2.36. The van der Waals surface area contributed by atoms with E-state index in [2.05, 4.69) is 10.3 Å². The molecule has 0 spiro atoms. The average Bonchev–Trinajstić information content (AvgIpc) is 3.05. The highest BCUT2D eigenvalue weighted by molar-refractivity contribution is 7.98. The molecule has 0 aromatic carbocycles. The van der Waals surface area contributed by atoms with Gasteiger partial charge >= 0.3 is 0 Å². The van der Waals surface area contributed by atoms with Crippen LogP contribution in [0.4, 0.5) is 5.13 Å². The molecule has 0 fully saturated rings. The summed E-state index contributed by atoms with van der Waals surface area (Å²) in [6.07, 6.45) is 4.23. The number of hydrogen-bond donors (Lipinski definition) is 2. The maximum atomic E-state index is 11.8. The van der Waals surface area contributed by atoms with Crippen molar-refractivity contribution in [3.63, 3.8) is 0 Å². The van der Waals surface area contributed by atoms with Crippen LogP contribution in [0.3, 0.4) is 0 Å². The quantitative estimate of drug-likeness (QED) is 0.856. The Morgan fingerprint density at radius 3 is 3.21 bits per heavy atom. The van der Waals surface area contributed by atoms with Gasteiger partial charge in [0.2, 0.25) is 5.91 Å². The fourth-order valence-corrected chi connectivity index (χ4v) is 2.63. The third-order valence-electron chi connectivity index (χ3n) is 2.48. The zero-order valence-corrected chi connectivity index (χ0v) is 12.1. The van der Waals surface area contributed by atoms with Crippen molar-refractivity contribution in [2.75, 3.05) is 17.3 Å². The Labute approximate surface area is 119 Å². The van der Waals surface area contributed by atoms with Gasteiger partial charge in [0.15, 0.2) is 10.9 Å². The number of amides is 1. The summed E-state index contributed by atoms with van der Waals surface area (Å²) in [4.78, 5) is 16.1. The monoisotopic (exact) mass is 297 g/mol. The maximum absolute atomic E-state index is 11.8. The van der Waals surface area contributed by atoms with Gasteiger partial charge < -0.3 is 15.5 Å². The fourth-order valence-electron chi connectivity index (χ4n) is 1.44. The summed E-state index contributed by atoms with van der Waals surface area (Å²) in [6, 6.07) is 3.12. The van der Waals surface area contributed by atoms with Crippen LogP contribution in [0.15, 0.2) is 28.2 Å². The van der Waals surface area contributed by atoms with Crippen LogP contribution in [-0.4, -0.2) is 28.9 Å². The van der Waals surface area contributed by atoms with Crippen LogP contribution in [0.2, 0.25) is 0 Å². The fraction of sp³-hybridized carbons (Fsp3) is 0.333. The molecule has 19 heavy (non-hydrogen) atoms. The lowest BCUT2D eigenvalue weighted by molar-refractivity contribution is -0.117. The van der Waals surface area contributed by atoms with Crippen molar-refractivity contribution in [2.45, 2.75) is 12.5 Å². The van der Waals surface area contributed by atoms with Crippen LogP contribution < -0.4 is 11.1 Å². The van der Waals surface area contributed by atoms with Gasteiger partial charge in [0, 0.05) is 5.38 Å². The standard InChI is InChI=1S/C12H15N3O2S2/c1-18-6-4-8(13)11(16)15-12-14-9(7-19-12)10-3-2-5-17-10/h2-3,5,7-8H,4,6,13H2,1H3,(H,14,15,16). The van der Waals surface area contributed by atoms with Gasteiger partial charge in [-0.1, -0.05) is 0 Å². The summed E-state index contributed by atoms with van der Waals surface area (Å²) >= 11 is 3.02. The van der Waals surface area contributed by atoms with Crippen molar-refractivity contribution in [2.24, 2.45) is 5.73 Å². The second-order valence-electron chi connectivity index (χ2n) is 3.89. The maximum Gasteiger partial charge on any atom is 0.243 e. The topological polar surface area (TPSA) is 81.2 Å². The Kier molecular flexibility index (Phi) is 5.00. The highest BCUT2D eigenvalue weighted by atomic mass is 32.2. The summed E-state index contributed by atoms with van der Waals surface area (Å²) < 4.78 is 5.24. The number of aromatic nitrogens is 1. The van der Waals surface area contributed by atoms with E-state index < -0.39 is 6.04 Å². The number of carbonyl (C=O) groups is 1. The molecule has 1 amide bonds. The van der Waals surface area contributed by atoms with Crippen molar-refractivity contribution >= 4 is 34.1 Å². The van der Waals surface area contributed by atoms with Crippen LogP contribution in [-0.2, 0) is 4.79 Å². The summed E-state index contributed by atoms with van der Waals surface area (Å²) in [5.41, 5.74) is 6.50. The largest absolute Gasteiger partial charge is 0.463 e. The summed E-state index contributed by atoms with van der Waals surface area (Å²) in [5, 5.41) is 5.10. The predicted molar refractivity (Wildman–Crippen MR) is 79.4 cm³/mol. The van der Waals surface area contributed by atoms with Gasteiger partial charge in [0.25, 0.3) is 0 Å². The number of nitrogens with one attached hydrogen (secondary N) is 1. The normalized spacial score (nSPS) is 12.3. The third-order valence-corrected chi connectivity index (χ3v) is 3.88. The number of thiazole rings is 1. The number of furan rings is 1. The van der Waals surface area contributed by atoms with Crippen molar-refractivity contribution in [3.8, 4) is 11.5 Å². The zero-order valence-electron chi connectivity index (χ0n) is 10.5. The molecule has 102 valence electrons. The summed E-state index contributed by atoms with van der Waals surface area (Å²) in [7, 11) is 0. The molecule has 0 radical (unpaired) electrons. The molecule has 0 aliphatic carbocycles. The lowest BCUT2D eigenvalue weighted by Gasteiger charge is -2.09. The molecule has 0 aliphatic rings. The molecule has 2 aromatic rings. The molecule has 0 aliphatic heterocycles. The van der Waals surface area contributed by atoms with Gasteiger partial charge in [-0.15, -0.1) is 11.3 Å². The molecule has 0 saturated heterocycles. The number of rotatable bonds is 6. The molecule has 1 atom stereocenters. The molecule has 0 saturated carbocycles. The molecule has 2 rings (SSSR count). The minimum atomic E-state index is -0.497. The Balaban J connectivity index is 1.94. The second kappa shape index (κ2) is 6.74. The average molecular weight is 297 g/mol. The van der Waals surface area contributed by atoms with E-state index in [1.807, 2.05) is 17.7 Å². The molecule has 5 nitrogen and oxygen atoms in total. The number of anilines is 1. The van der Waals surface area contributed by atoms with Gasteiger partial charge in [-0.2, -0.15) is 11.8 Å². The number of nitrogens with two attached hydrogens (primary N) is 1. The van der Waals surface area contributed by atoms with Gasteiger partial charge in [0.1, 0.15) is 5.69 Å². The van der Waals surface area contributed by atoms with Crippen molar-refractivity contribution in [1.29, 1.82) is 0 Å². The van der Waals surface area contributed by atoms with E-state index in [9.17, 15) is 4.79 Å². The first-order valence-corrected chi connectivity index (χ1v) is 8.03. The van der Waals surface area contributed by atoms with Crippen LogP contribution in [0.1, 0.15) is 6.42 Å². The minimum absolute atomic E-state index is 0.200. The van der Waals surface area contributed by atoms with E-state index in [1.54, 1.807) is 24.1 Å². The van der Waals surface area contributed by atoms with Crippen molar-refractivity contribution in [1.82, 2.24) is 4.98 Å². The Bertz CT molecular complexity index is 525. The van der Waals surface area contributed by atoms with Crippen molar-refractivity contribution < 1.29 is 9.21 Å². The van der Waals surface area contributed by atoms with Gasteiger partial charge in [-0.25, -0.2) is 4.98 Å². The Morgan fingerprint density at radius 1 is 1.68 bits per heavy atom. The number of hydrogen-bond acceptors (Lipinski definition) is 6. The van der Waals surface area contributed by atoms with Crippen LogP contribution in [0.25, 0.3) is 11.5 Å². The third kappa shape index (κ3) is 3.82. The molecule has 1 unspecified atom stereocenters. The molecule has 7 heteroatoms. The van der Waals surface area contributed by atoms with Crippen molar-refractivity contribution in [3.05, 3.63) is 23.8 Å². The Morgan fingerprint density at radius 2 is 2.53 bits per heavy atom. The van der Waals surface area contributed by atoms with Gasteiger partial charge in [-0.3, -0.25) is 4.79 Å². The summed E-state index contributed by atoms with van der Waals surface area (Å²) in [6.45, 7) is 0. The smallest absolute Gasteiger partial charge is 0.243 e. The van der Waals surface area contributed by atoms with Crippen LogP contribution in [0, 0.1) is 0 Å². The van der Waals surface area contributed by atoms with E-state index >= 15 is 0 Å².